The summed E-state index contributed by atoms with van der Waals surface area (Å²) in [7, 11) is 0. The first kappa shape index (κ1) is 14.1. The van der Waals surface area contributed by atoms with Crippen LogP contribution in [0, 0.1) is 5.92 Å². The Bertz CT molecular complexity index is 404. The lowest BCUT2D eigenvalue weighted by molar-refractivity contribution is -0.120. The number of nitrogens with two attached hydrogens (primary N) is 1. The van der Waals surface area contributed by atoms with Crippen molar-refractivity contribution < 1.29 is 4.79 Å². The van der Waals surface area contributed by atoms with E-state index >= 15 is 0 Å². The zero-order chi connectivity index (χ0) is 13.7. The highest BCUT2D eigenvalue weighted by Crippen LogP contribution is 2.28. The minimum Gasteiger partial charge on any atom is -0.399 e. The van der Waals surface area contributed by atoms with Crippen molar-refractivity contribution in [2.24, 2.45) is 5.92 Å². The maximum Gasteiger partial charge on any atom is 0.133 e. The number of hydrogen-bond acceptors (Lipinski definition) is 2. The molecule has 104 valence electrons. The van der Waals surface area contributed by atoms with Crippen molar-refractivity contribution in [2.75, 3.05) is 5.73 Å². The van der Waals surface area contributed by atoms with Gasteiger partial charge in [0.25, 0.3) is 0 Å². The monoisotopic (exact) mass is 259 g/mol. The fraction of sp³-hybridized carbons (Fsp3) is 0.588. The largest absolute Gasteiger partial charge is 0.399 e. The molecule has 0 aromatic heterocycles. The van der Waals surface area contributed by atoms with Crippen molar-refractivity contribution in [3.05, 3.63) is 29.8 Å². The molecule has 1 aliphatic rings. The van der Waals surface area contributed by atoms with Gasteiger partial charge in [0, 0.05) is 18.5 Å². The van der Waals surface area contributed by atoms with E-state index in [1.165, 1.54) is 37.7 Å². The van der Waals surface area contributed by atoms with Gasteiger partial charge in [0.15, 0.2) is 0 Å². The van der Waals surface area contributed by atoms with Gasteiger partial charge in [-0.2, -0.15) is 0 Å². The Morgan fingerprint density at radius 1 is 1.21 bits per heavy atom. The average Bonchev–Trinajstić information content (AvgIpc) is 2.40. The molecule has 1 aliphatic carbocycles. The minimum atomic E-state index is 0.302. The lowest BCUT2D eigenvalue weighted by atomic mass is 9.84. The van der Waals surface area contributed by atoms with Gasteiger partial charge in [0.2, 0.25) is 0 Å². The molecule has 0 radical (unpaired) electrons. The highest BCUT2D eigenvalue weighted by Gasteiger charge is 2.18. The van der Waals surface area contributed by atoms with Gasteiger partial charge in [-0.1, -0.05) is 51.2 Å². The Hall–Kier alpha value is -1.31. The zero-order valence-corrected chi connectivity index (χ0v) is 11.9. The first-order valence-corrected chi connectivity index (χ1v) is 7.52. The summed E-state index contributed by atoms with van der Waals surface area (Å²) in [6.07, 6.45) is 7.94. The van der Waals surface area contributed by atoms with E-state index in [-0.39, 0.29) is 0 Å². The molecule has 0 amide bonds. The van der Waals surface area contributed by atoms with Crippen LogP contribution in [-0.2, 0) is 4.79 Å². The van der Waals surface area contributed by atoms with Crippen molar-refractivity contribution in [2.45, 2.75) is 57.8 Å². The summed E-state index contributed by atoms with van der Waals surface area (Å²) in [5.74, 6) is 1.38. The molecule has 0 bridgehead atoms. The van der Waals surface area contributed by atoms with Crippen molar-refractivity contribution in [3.63, 3.8) is 0 Å². The molecular weight excluding hydrogens is 234 g/mol. The fourth-order valence-electron chi connectivity index (χ4n) is 3.08. The number of anilines is 1. The van der Waals surface area contributed by atoms with E-state index < -0.39 is 0 Å². The predicted octanol–water partition coefficient (Wildman–Crippen LogP) is 4.30. The second-order valence-corrected chi connectivity index (χ2v) is 6.02. The van der Waals surface area contributed by atoms with E-state index in [2.05, 4.69) is 6.92 Å². The molecule has 0 saturated heterocycles. The summed E-state index contributed by atoms with van der Waals surface area (Å²) in [6.45, 7) is 2.13. The maximum atomic E-state index is 12.1. The maximum absolute atomic E-state index is 12.1. The summed E-state index contributed by atoms with van der Waals surface area (Å²) in [6, 6.07) is 7.90. The number of carbonyl (C=O) groups excluding carboxylic acids is 1. The molecule has 1 saturated carbocycles. The van der Waals surface area contributed by atoms with Crippen LogP contribution in [0.3, 0.4) is 0 Å². The minimum absolute atomic E-state index is 0.302. The van der Waals surface area contributed by atoms with E-state index in [9.17, 15) is 4.79 Å². The Labute approximate surface area is 116 Å². The van der Waals surface area contributed by atoms with Gasteiger partial charge in [-0.25, -0.2) is 0 Å². The molecule has 1 atom stereocenters. The SMILES string of the molecule is CC(CC(=O)CC1CCCCC1)c1ccc(N)cc1. The van der Waals surface area contributed by atoms with Gasteiger partial charge < -0.3 is 5.73 Å². The molecule has 1 aromatic carbocycles. The van der Waals surface area contributed by atoms with E-state index in [1.54, 1.807) is 0 Å². The zero-order valence-electron chi connectivity index (χ0n) is 11.9. The highest BCUT2D eigenvalue weighted by atomic mass is 16.1. The Morgan fingerprint density at radius 3 is 2.47 bits per heavy atom. The van der Waals surface area contributed by atoms with Crippen LogP contribution in [0.5, 0.6) is 0 Å². The van der Waals surface area contributed by atoms with Gasteiger partial charge in [-0.05, 0) is 29.5 Å². The van der Waals surface area contributed by atoms with Crippen molar-refractivity contribution in [1.82, 2.24) is 0 Å². The van der Waals surface area contributed by atoms with Gasteiger partial charge >= 0.3 is 0 Å². The molecule has 2 heteroatoms. The van der Waals surface area contributed by atoms with Gasteiger partial charge in [-0.3, -0.25) is 4.79 Å². The standard InChI is InChI=1S/C17H25NO/c1-13(15-7-9-16(18)10-8-15)11-17(19)12-14-5-3-2-4-6-14/h7-10,13-14H,2-6,11-12,18H2,1H3. The number of carbonyl (C=O) groups is 1. The average molecular weight is 259 g/mol. The topological polar surface area (TPSA) is 43.1 Å². The fourth-order valence-corrected chi connectivity index (χ4v) is 3.08. The molecule has 1 unspecified atom stereocenters. The number of nitrogen functional groups attached to an aromatic ring is 1. The van der Waals surface area contributed by atoms with Crippen LogP contribution >= 0.6 is 0 Å². The molecule has 1 fully saturated rings. The number of benzene rings is 1. The van der Waals surface area contributed by atoms with Crippen molar-refractivity contribution in [3.8, 4) is 0 Å². The first-order valence-electron chi connectivity index (χ1n) is 7.52. The highest BCUT2D eigenvalue weighted by molar-refractivity contribution is 5.79. The van der Waals surface area contributed by atoms with E-state index in [0.29, 0.717) is 24.0 Å². The lowest BCUT2D eigenvalue weighted by Crippen LogP contribution is -2.13. The van der Waals surface area contributed by atoms with Crippen molar-refractivity contribution >= 4 is 11.5 Å². The Morgan fingerprint density at radius 2 is 1.84 bits per heavy atom. The number of rotatable bonds is 5. The smallest absolute Gasteiger partial charge is 0.133 e. The second-order valence-electron chi connectivity index (χ2n) is 6.02. The van der Waals surface area contributed by atoms with Crippen LogP contribution in [-0.4, -0.2) is 5.78 Å². The third-order valence-electron chi connectivity index (χ3n) is 4.28. The van der Waals surface area contributed by atoms with Crippen LogP contribution in [0.2, 0.25) is 0 Å². The molecule has 0 heterocycles. The van der Waals surface area contributed by atoms with Gasteiger partial charge in [0.1, 0.15) is 5.78 Å². The molecule has 0 spiro atoms. The quantitative estimate of drug-likeness (QED) is 0.801. The van der Waals surface area contributed by atoms with Crippen LogP contribution in [0.1, 0.15) is 63.4 Å². The second kappa shape index (κ2) is 6.74. The molecule has 2 rings (SSSR count). The Balaban J connectivity index is 1.82. The molecular formula is C17H25NO. The Kier molecular flexibility index (Phi) is 5.00. The van der Waals surface area contributed by atoms with E-state index in [0.717, 1.165) is 12.1 Å². The summed E-state index contributed by atoms with van der Waals surface area (Å²) in [4.78, 5) is 12.1. The van der Waals surface area contributed by atoms with Crippen molar-refractivity contribution in [1.29, 1.82) is 0 Å². The normalized spacial score (nSPS) is 18.2. The number of ketones is 1. The number of Topliss-reactive ketones (excluding diaryl/α,β-unsaturated/α-hetero) is 1. The molecule has 2 nitrogen and oxygen atoms in total. The predicted molar refractivity (Wildman–Crippen MR) is 80.1 cm³/mol. The van der Waals surface area contributed by atoms with Crippen LogP contribution in [0.4, 0.5) is 5.69 Å². The summed E-state index contributed by atoms with van der Waals surface area (Å²) in [5.41, 5.74) is 7.68. The van der Waals surface area contributed by atoms with E-state index in [1.807, 2.05) is 24.3 Å². The summed E-state index contributed by atoms with van der Waals surface area (Å²) in [5, 5.41) is 0. The first-order chi connectivity index (χ1) is 9.15. The summed E-state index contributed by atoms with van der Waals surface area (Å²) >= 11 is 0. The third-order valence-corrected chi connectivity index (χ3v) is 4.28. The van der Waals surface area contributed by atoms with E-state index in [4.69, 9.17) is 5.73 Å². The molecule has 19 heavy (non-hydrogen) atoms. The summed E-state index contributed by atoms with van der Waals surface area (Å²) < 4.78 is 0. The molecule has 0 aliphatic heterocycles. The number of hydrogen-bond donors (Lipinski definition) is 1. The third kappa shape index (κ3) is 4.38. The van der Waals surface area contributed by atoms with Crippen LogP contribution < -0.4 is 5.73 Å². The van der Waals surface area contributed by atoms with Gasteiger partial charge in [-0.15, -0.1) is 0 Å². The molecule has 2 N–H and O–H groups in total. The molecule has 1 aromatic rings. The van der Waals surface area contributed by atoms with Crippen LogP contribution in [0.25, 0.3) is 0 Å². The van der Waals surface area contributed by atoms with Gasteiger partial charge in [0.05, 0.1) is 0 Å². The lowest BCUT2D eigenvalue weighted by Gasteiger charge is -2.21. The van der Waals surface area contributed by atoms with Crippen LogP contribution in [0.15, 0.2) is 24.3 Å².